The summed E-state index contributed by atoms with van der Waals surface area (Å²) in [6.07, 6.45) is 9.27. The van der Waals surface area contributed by atoms with E-state index in [2.05, 4.69) is 20.1 Å². The van der Waals surface area contributed by atoms with Gasteiger partial charge in [0.25, 0.3) is 0 Å². The molecule has 0 saturated carbocycles. The lowest BCUT2D eigenvalue weighted by Gasteiger charge is -2.05. The molecule has 0 spiro atoms. The molecule has 5 aromatic rings. The number of hydrogen-bond acceptors (Lipinski definition) is 5. The Labute approximate surface area is 166 Å². The molecule has 4 heterocycles. The van der Waals surface area contributed by atoms with Gasteiger partial charge >= 0.3 is 0 Å². The third-order valence-electron chi connectivity index (χ3n) is 4.93. The number of Topliss-reactive ketones (excluding diaryl/α,β-unsaturated/α-hetero) is 1. The predicted molar refractivity (Wildman–Crippen MR) is 112 cm³/mol. The van der Waals surface area contributed by atoms with Gasteiger partial charge in [0.2, 0.25) is 0 Å². The van der Waals surface area contributed by atoms with E-state index in [4.69, 9.17) is 0 Å². The van der Waals surface area contributed by atoms with Crippen molar-refractivity contribution < 1.29 is 4.79 Å². The lowest BCUT2D eigenvalue weighted by Crippen LogP contribution is -2.05. The van der Waals surface area contributed by atoms with Crippen LogP contribution in [0, 0.1) is 0 Å². The topological polar surface area (TPSA) is 73.6 Å². The van der Waals surface area contributed by atoms with E-state index in [1.807, 2.05) is 55.7 Å². The van der Waals surface area contributed by atoms with Crippen molar-refractivity contribution in [2.24, 2.45) is 7.05 Å². The molecule has 0 radical (unpaired) electrons. The lowest BCUT2D eigenvalue weighted by atomic mass is 10.0. The summed E-state index contributed by atoms with van der Waals surface area (Å²) in [7, 11) is 1.88. The van der Waals surface area contributed by atoms with Gasteiger partial charge in [-0.1, -0.05) is 6.07 Å². The van der Waals surface area contributed by atoms with Crippen molar-refractivity contribution in [1.82, 2.24) is 24.7 Å². The van der Waals surface area contributed by atoms with E-state index in [1.54, 1.807) is 29.5 Å². The Morgan fingerprint density at radius 3 is 2.69 bits per heavy atom. The molecule has 0 unspecified atom stereocenters. The Hall–Kier alpha value is -3.93. The molecule has 6 heteroatoms. The van der Waals surface area contributed by atoms with E-state index < -0.39 is 0 Å². The highest BCUT2D eigenvalue weighted by Gasteiger charge is 2.11. The average Bonchev–Trinajstić information content (AvgIpc) is 3.19. The summed E-state index contributed by atoms with van der Waals surface area (Å²) >= 11 is 0. The fourth-order valence-electron chi connectivity index (χ4n) is 3.41. The molecule has 1 aromatic carbocycles. The van der Waals surface area contributed by atoms with Gasteiger partial charge in [0.15, 0.2) is 5.78 Å². The molecule has 0 aliphatic heterocycles. The Morgan fingerprint density at radius 2 is 1.83 bits per heavy atom. The van der Waals surface area contributed by atoms with Crippen LogP contribution < -0.4 is 0 Å². The van der Waals surface area contributed by atoms with Crippen molar-refractivity contribution in [2.75, 3.05) is 0 Å². The van der Waals surface area contributed by atoms with Crippen molar-refractivity contribution in [2.45, 2.75) is 6.42 Å². The number of benzene rings is 1. The van der Waals surface area contributed by atoms with Gasteiger partial charge in [-0.05, 0) is 41.8 Å². The van der Waals surface area contributed by atoms with E-state index in [-0.39, 0.29) is 12.2 Å². The summed E-state index contributed by atoms with van der Waals surface area (Å²) in [6.45, 7) is 0. The second kappa shape index (κ2) is 6.91. The minimum atomic E-state index is 0.0316. The zero-order valence-corrected chi connectivity index (χ0v) is 15.8. The van der Waals surface area contributed by atoms with Gasteiger partial charge in [-0.2, -0.15) is 5.10 Å². The number of rotatable bonds is 4. The second-order valence-electron chi connectivity index (χ2n) is 7.01. The maximum atomic E-state index is 12.8. The SMILES string of the molecule is Cn1cc(-c2cc3cc(CC(=O)c4ccc5ncccc5c4)ncc3cn2)cn1. The minimum absolute atomic E-state index is 0.0316. The monoisotopic (exact) mass is 379 g/mol. The van der Waals surface area contributed by atoms with E-state index in [1.165, 1.54) is 0 Å². The van der Waals surface area contributed by atoms with Gasteiger partial charge in [0.1, 0.15) is 0 Å². The van der Waals surface area contributed by atoms with Gasteiger partial charge in [-0.25, -0.2) is 0 Å². The number of aromatic nitrogens is 5. The molecule has 0 saturated heterocycles. The molecule has 0 fully saturated rings. The quantitative estimate of drug-likeness (QED) is 0.441. The van der Waals surface area contributed by atoms with E-state index in [0.29, 0.717) is 5.56 Å². The van der Waals surface area contributed by atoms with Crippen LogP contribution in [0.3, 0.4) is 0 Å². The molecule has 0 bridgehead atoms. The van der Waals surface area contributed by atoms with Crippen LogP contribution in [0.1, 0.15) is 16.1 Å². The fourth-order valence-corrected chi connectivity index (χ4v) is 3.41. The number of aryl methyl sites for hydroxylation is 1. The highest BCUT2D eigenvalue weighted by molar-refractivity contribution is 6.00. The van der Waals surface area contributed by atoms with Crippen molar-refractivity contribution in [3.63, 3.8) is 0 Å². The van der Waals surface area contributed by atoms with Crippen molar-refractivity contribution in [3.8, 4) is 11.3 Å². The zero-order chi connectivity index (χ0) is 19.8. The third kappa shape index (κ3) is 3.36. The van der Waals surface area contributed by atoms with E-state index in [0.717, 1.165) is 38.6 Å². The van der Waals surface area contributed by atoms with Gasteiger partial charge in [-0.15, -0.1) is 0 Å². The first kappa shape index (κ1) is 17.2. The summed E-state index contributed by atoms with van der Waals surface area (Å²) in [5.41, 5.74) is 4.07. The molecule has 0 atom stereocenters. The van der Waals surface area contributed by atoms with Crippen molar-refractivity contribution in [3.05, 3.63) is 84.7 Å². The first-order valence-corrected chi connectivity index (χ1v) is 9.27. The molecule has 0 aliphatic carbocycles. The van der Waals surface area contributed by atoms with Crippen LogP contribution in [0.4, 0.5) is 0 Å². The largest absolute Gasteiger partial charge is 0.294 e. The van der Waals surface area contributed by atoms with Gasteiger partial charge in [0.05, 0.1) is 23.8 Å². The summed E-state index contributed by atoms with van der Waals surface area (Å²) in [5.74, 6) is 0.0316. The van der Waals surface area contributed by atoms with Crippen LogP contribution in [0.15, 0.2) is 73.4 Å². The molecule has 0 N–H and O–H groups in total. The van der Waals surface area contributed by atoms with Crippen molar-refractivity contribution >= 4 is 27.5 Å². The number of carbonyl (C=O) groups is 1. The van der Waals surface area contributed by atoms with Crippen molar-refractivity contribution in [1.29, 1.82) is 0 Å². The lowest BCUT2D eigenvalue weighted by molar-refractivity contribution is 0.0992. The molecule has 5 rings (SSSR count). The van der Waals surface area contributed by atoms with Crippen LogP contribution in [0.5, 0.6) is 0 Å². The maximum Gasteiger partial charge on any atom is 0.168 e. The predicted octanol–water partition coefficient (Wildman–Crippen LogP) is 4.00. The fraction of sp³-hybridized carbons (Fsp3) is 0.0870. The smallest absolute Gasteiger partial charge is 0.168 e. The average molecular weight is 379 g/mol. The number of fused-ring (bicyclic) bond motifs is 2. The standard InChI is InChI=1S/C23H17N5O/c1-28-14-19(13-27-28)22-9-17-8-20(25-11-18(17)12-26-22)10-23(29)16-4-5-21-15(7-16)3-2-6-24-21/h2-9,11-14H,10H2,1H3. The molecule has 29 heavy (non-hydrogen) atoms. The minimum Gasteiger partial charge on any atom is -0.294 e. The van der Waals surface area contributed by atoms with E-state index in [9.17, 15) is 4.79 Å². The summed E-state index contributed by atoms with van der Waals surface area (Å²) in [4.78, 5) is 26.0. The molecular formula is C23H17N5O. The Kier molecular flexibility index (Phi) is 4.09. The van der Waals surface area contributed by atoms with Crippen LogP contribution in [0.2, 0.25) is 0 Å². The number of nitrogens with zero attached hydrogens (tertiary/aromatic N) is 5. The molecule has 0 aliphatic rings. The Bertz CT molecular complexity index is 1370. The number of ketones is 1. The molecular weight excluding hydrogens is 362 g/mol. The first-order valence-electron chi connectivity index (χ1n) is 9.27. The van der Waals surface area contributed by atoms with Crippen LogP contribution in [-0.2, 0) is 13.5 Å². The van der Waals surface area contributed by atoms with Gasteiger partial charge in [-0.3, -0.25) is 24.4 Å². The number of hydrogen-bond donors (Lipinski definition) is 0. The molecule has 0 amide bonds. The number of carbonyl (C=O) groups excluding carboxylic acids is 1. The maximum absolute atomic E-state index is 12.8. The second-order valence-corrected chi connectivity index (χ2v) is 7.01. The molecule has 4 aromatic heterocycles. The Balaban J connectivity index is 1.45. The third-order valence-corrected chi connectivity index (χ3v) is 4.93. The normalized spacial score (nSPS) is 11.2. The van der Waals surface area contributed by atoms with Gasteiger partial charge < -0.3 is 0 Å². The molecule has 140 valence electrons. The van der Waals surface area contributed by atoms with Crippen LogP contribution >= 0.6 is 0 Å². The zero-order valence-electron chi connectivity index (χ0n) is 15.8. The molecule has 6 nitrogen and oxygen atoms in total. The highest BCUT2D eigenvalue weighted by Crippen LogP contribution is 2.22. The number of pyridine rings is 3. The van der Waals surface area contributed by atoms with E-state index >= 15 is 0 Å². The summed E-state index contributed by atoms with van der Waals surface area (Å²) in [6, 6.07) is 13.4. The Morgan fingerprint density at radius 1 is 0.931 bits per heavy atom. The first-order chi connectivity index (χ1) is 14.2. The summed E-state index contributed by atoms with van der Waals surface area (Å²) in [5, 5.41) is 7.09. The van der Waals surface area contributed by atoms with Crippen LogP contribution in [0.25, 0.3) is 32.9 Å². The highest BCUT2D eigenvalue weighted by atomic mass is 16.1. The van der Waals surface area contributed by atoms with Gasteiger partial charge in [0, 0.05) is 59.4 Å². The summed E-state index contributed by atoms with van der Waals surface area (Å²) < 4.78 is 1.75. The van der Waals surface area contributed by atoms with Crippen LogP contribution in [-0.4, -0.2) is 30.5 Å².